The van der Waals surface area contributed by atoms with Gasteiger partial charge < -0.3 is 5.32 Å². The molecule has 0 saturated heterocycles. The lowest BCUT2D eigenvalue weighted by Gasteiger charge is -2.07. The summed E-state index contributed by atoms with van der Waals surface area (Å²) in [4.78, 5) is 11.9. The van der Waals surface area contributed by atoms with E-state index in [0.717, 1.165) is 34.1 Å². The minimum absolute atomic E-state index is 0.0256. The average molecular weight is 381 g/mol. The van der Waals surface area contributed by atoms with Crippen LogP contribution in [0.3, 0.4) is 0 Å². The molecule has 1 amide bonds. The molecule has 1 aromatic carbocycles. The Kier molecular flexibility index (Phi) is 7.23. The van der Waals surface area contributed by atoms with Crippen LogP contribution in [0.4, 0.5) is 0 Å². The molecule has 0 fully saturated rings. The highest BCUT2D eigenvalue weighted by Gasteiger charge is 2.09. The van der Waals surface area contributed by atoms with E-state index >= 15 is 0 Å². The molecule has 94 valence electrons. The molecule has 1 aromatic rings. The highest BCUT2D eigenvalue weighted by Crippen LogP contribution is 2.21. The fourth-order valence-corrected chi connectivity index (χ4v) is 2.62. The third kappa shape index (κ3) is 5.44. The number of nitrogens with one attached hydrogen (secondary N) is 1. The van der Waals surface area contributed by atoms with E-state index in [1.165, 1.54) is 0 Å². The van der Waals surface area contributed by atoms with Gasteiger partial charge in [0.05, 0.1) is 5.56 Å². The average Bonchev–Trinajstić information content (AvgIpc) is 2.32. The standard InChI is InChI=1S/C12H15Br2NOS/c1-17-7-3-2-6-15-12(16)10-8-9(13)4-5-11(10)14/h4-5,8H,2-3,6-7H2,1H3,(H,15,16). The summed E-state index contributed by atoms with van der Waals surface area (Å²) >= 11 is 8.58. The number of rotatable bonds is 6. The number of thioether (sulfide) groups is 1. The Hall–Kier alpha value is -0.000000000000000111. The summed E-state index contributed by atoms with van der Waals surface area (Å²) in [6.45, 7) is 0.734. The topological polar surface area (TPSA) is 29.1 Å². The van der Waals surface area contributed by atoms with Gasteiger partial charge in [0.25, 0.3) is 5.91 Å². The van der Waals surface area contributed by atoms with Gasteiger partial charge in [-0.1, -0.05) is 15.9 Å². The first kappa shape index (κ1) is 15.1. The molecule has 0 heterocycles. The second-order valence-electron chi connectivity index (χ2n) is 3.58. The second-order valence-corrected chi connectivity index (χ2v) is 6.34. The Morgan fingerprint density at radius 1 is 1.35 bits per heavy atom. The monoisotopic (exact) mass is 379 g/mol. The third-order valence-electron chi connectivity index (χ3n) is 2.23. The summed E-state index contributed by atoms with van der Waals surface area (Å²) in [6, 6.07) is 5.59. The summed E-state index contributed by atoms with van der Waals surface area (Å²) in [7, 11) is 0. The maximum absolute atomic E-state index is 11.9. The minimum atomic E-state index is -0.0256. The summed E-state index contributed by atoms with van der Waals surface area (Å²) in [6.07, 6.45) is 4.26. The number of halogens is 2. The van der Waals surface area contributed by atoms with Crippen molar-refractivity contribution in [1.29, 1.82) is 0 Å². The largest absolute Gasteiger partial charge is 0.352 e. The molecule has 17 heavy (non-hydrogen) atoms. The van der Waals surface area contributed by atoms with E-state index in [9.17, 15) is 4.79 Å². The molecule has 0 aromatic heterocycles. The van der Waals surface area contributed by atoms with E-state index in [4.69, 9.17) is 0 Å². The van der Waals surface area contributed by atoms with Crippen molar-refractivity contribution in [2.24, 2.45) is 0 Å². The zero-order chi connectivity index (χ0) is 12.7. The number of carbonyl (C=O) groups excluding carboxylic acids is 1. The smallest absolute Gasteiger partial charge is 0.252 e. The van der Waals surface area contributed by atoms with Crippen LogP contribution in [0.5, 0.6) is 0 Å². The Labute approximate surface area is 123 Å². The predicted octanol–water partition coefficient (Wildman–Crippen LogP) is 4.08. The van der Waals surface area contributed by atoms with Gasteiger partial charge in [-0.05, 0) is 59.0 Å². The maximum Gasteiger partial charge on any atom is 0.252 e. The fourth-order valence-electron chi connectivity index (χ4n) is 1.34. The van der Waals surface area contributed by atoms with Gasteiger partial charge in [-0.25, -0.2) is 0 Å². The van der Waals surface area contributed by atoms with Crippen molar-refractivity contribution in [1.82, 2.24) is 5.32 Å². The van der Waals surface area contributed by atoms with E-state index in [1.54, 1.807) is 0 Å². The molecule has 2 nitrogen and oxygen atoms in total. The summed E-state index contributed by atoms with van der Waals surface area (Å²) < 4.78 is 1.73. The quantitative estimate of drug-likeness (QED) is 0.753. The molecular weight excluding hydrogens is 366 g/mol. The molecule has 0 radical (unpaired) electrons. The van der Waals surface area contributed by atoms with Crippen molar-refractivity contribution >= 4 is 49.5 Å². The van der Waals surface area contributed by atoms with Crippen molar-refractivity contribution in [2.75, 3.05) is 18.6 Å². The summed E-state index contributed by atoms with van der Waals surface area (Å²) in [5.74, 6) is 1.12. The van der Waals surface area contributed by atoms with E-state index in [-0.39, 0.29) is 5.91 Å². The van der Waals surface area contributed by atoms with Crippen LogP contribution in [0.15, 0.2) is 27.1 Å². The Bertz CT molecular complexity index is 385. The van der Waals surface area contributed by atoms with Crippen LogP contribution in [0.25, 0.3) is 0 Å². The number of hydrogen-bond acceptors (Lipinski definition) is 2. The van der Waals surface area contributed by atoms with Crippen LogP contribution in [0.1, 0.15) is 23.2 Å². The second kappa shape index (κ2) is 8.16. The molecule has 0 saturated carbocycles. The zero-order valence-electron chi connectivity index (χ0n) is 9.63. The SMILES string of the molecule is CSCCCCNC(=O)c1cc(Br)ccc1Br. The van der Waals surface area contributed by atoms with Crippen LogP contribution >= 0.6 is 43.6 Å². The highest BCUT2D eigenvalue weighted by molar-refractivity contribution is 9.11. The summed E-state index contributed by atoms with van der Waals surface area (Å²) in [5, 5.41) is 2.93. The molecule has 0 aliphatic heterocycles. The Morgan fingerprint density at radius 3 is 2.82 bits per heavy atom. The summed E-state index contributed by atoms with van der Waals surface area (Å²) in [5.41, 5.74) is 0.671. The number of carbonyl (C=O) groups is 1. The molecule has 0 unspecified atom stereocenters. The van der Waals surface area contributed by atoms with Gasteiger partial charge in [0.1, 0.15) is 0 Å². The molecule has 0 aliphatic rings. The minimum Gasteiger partial charge on any atom is -0.352 e. The Balaban J connectivity index is 2.44. The van der Waals surface area contributed by atoms with Crippen molar-refractivity contribution in [2.45, 2.75) is 12.8 Å². The molecular formula is C12H15Br2NOS. The van der Waals surface area contributed by atoms with Gasteiger partial charge in [0, 0.05) is 15.5 Å². The van der Waals surface area contributed by atoms with Gasteiger partial charge in [0.2, 0.25) is 0 Å². The van der Waals surface area contributed by atoms with E-state index in [2.05, 4.69) is 43.4 Å². The van der Waals surface area contributed by atoms with Crippen LogP contribution < -0.4 is 5.32 Å². The highest BCUT2D eigenvalue weighted by atomic mass is 79.9. The van der Waals surface area contributed by atoms with Gasteiger partial charge in [-0.15, -0.1) is 0 Å². The molecule has 0 aliphatic carbocycles. The van der Waals surface area contributed by atoms with Crippen LogP contribution in [-0.2, 0) is 0 Å². The number of hydrogen-bond donors (Lipinski definition) is 1. The first-order chi connectivity index (χ1) is 8.15. The molecule has 5 heteroatoms. The zero-order valence-corrected chi connectivity index (χ0v) is 13.6. The van der Waals surface area contributed by atoms with E-state index < -0.39 is 0 Å². The third-order valence-corrected chi connectivity index (χ3v) is 4.12. The van der Waals surface area contributed by atoms with Gasteiger partial charge in [0.15, 0.2) is 0 Å². The first-order valence-corrected chi connectivity index (χ1v) is 8.35. The van der Waals surface area contributed by atoms with Gasteiger partial charge >= 0.3 is 0 Å². The molecule has 0 spiro atoms. The lowest BCUT2D eigenvalue weighted by atomic mass is 10.2. The number of amides is 1. The van der Waals surface area contributed by atoms with Crippen molar-refractivity contribution in [3.8, 4) is 0 Å². The van der Waals surface area contributed by atoms with E-state index in [1.807, 2.05) is 30.0 Å². The molecule has 0 atom stereocenters. The molecule has 1 N–H and O–H groups in total. The lowest BCUT2D eigenvalue weighted by molar-refractivity contribution is 0.0952. The van der Waals surface area contributed by atoms with Gasteiger partial charge in [-0.3, -0.25) is 4.79 Å². The van der Waals surface area contributed by atoms with Crippen LogP contribution in [0.2, 0.25) is 0 Å². The lowest BCUT2D eigenvalue weighted by Crippen LogP contribution is -2.24. The first-order valence-electron chi connectivity index (χ1n) is 5.37. The molecule has 1 rings (SSSR count). The number of unbranched alkanes of at least 4 members (excludes halogenated alkanes) is 1. The van der Waals surface area contributed by atoms with Crippen LogP contribution in [0, 0.1) is 0 Å². The van der Waals surface area contributed by atoms with Crippen molar-refractivity contribution < 1.29 is 4.79 Å². The van der Waals surface area contributed by atoms with E-state index in [0.29, 0.717) is 5.56 Å². The van der Waals surface area contributed by atoms with Crippen molar-refractivity contribution in [3.63, 3.8) is 0 Å². The van der Waals surface area contributed by atoms with Gasteiger partial charge in [-0.2, -0.15) is 11.8 Å². The molecule has 0 bridgehead atoms. The maximum atomic E-state index is 11.9. The van der Waals surface area contributed by atoms with Crippen LogP contribution in [-0.4, -0.2) is 24.5 Å². The van der Waals surface area contributed by atoms with Crippen molar-refractivity contribution in [3.05, 3.63) is 32.7 Å². The Morgan fingerprint density at radius 2 is 2.12 bits per heavy atom. The predicted molar refractivity (Wildman–Crippen MR) is 81.8 cm³/mol. The normalized spacial score (nSPS) is 10.3. The number of benzene rings is 1. The fraction of sp³-hybridized carbons (Fsp3) is 0.417.